The first-order valence-corrected chi connectivity index (χ1v) is 21.3. The Morgan fingerprint density at radius 2 is 1.73 bits per heavy atom. The summed E-state index contributed by atoms with van der Waals surface area (Å²) in [6, 6.07) is 21.9. The van der Waals surface area contributed by atoms with E-state index in [9.17, 15) is 33.0 Å². The first-order chi connectivity index (χ1) is 31.8. The van der Waals surface area contributed by atoms with Crippen LogP contribution in [0.4, 0.5) is 35.2 Å². The quantitative estimate of drug-likeness (QED) is 0.0808. The number of aromatic hydroxyl groups is 2. The number of ether oxygens (including phenoxy) is 2. The monoisotopic (exact) mass is 911 g/mol. The lowest BCUT2D eigenvalue weighted by Crippen LogP contribution is -2.52. The van der Waals surface area contributed by atoms with Crippen molar-refractivity contribution in [3.8, 4) is 34.3 Å². The van der Waals surface area contributed by atoms with Crippen molar-refractivity contribution in [3.63, 3.8) is 0 Å². The lowest BCUT2D eigenvalue weighted by atomic mass is 9.77. The van der Waals surface area contributed by atoms with E-state index in [1.54, 1.807) is 58.2 Å². The highest BCUT2D eigenvalue weighted by atomic mass is 32.1. The zero-order chi connectivity index (χ0) is 45.5. The van der Waals surface area contributed by atoms with Gasteiger partial charge >= 0.3 is 18.2 Å². The molecule has 1 spiro atoms. The maximum atomic E-state index is 14.1. The van der Waals surface area contributed by atoms with Crippen LogP contribution < -0.4 is 30.5 Å². The number of phenolic OH excluding ortho intramolecular Hbond substituents is 2. The predicted octanol–water partition coefficient (Wildman–Crippen LogP) is 7.80. The molecule has 1 unspecified atom stereocenters. The molecule has 6 heterocycles. The molecule has 0 saturated carbocycles. The number of allylic oxidation sites excluding steroid dienone is 2. The number of nitrogens with zero attached hydrogens (tertiary/aromatic N) is 6. The van der Waals surface area contributed by atoms with Crippen molar-refractivity contribution in [2.75, 3.05) is 28.2 Å². The number of aromatic nitrogens is 4. The Bertz CT molecular complexity index is 3050. The van der Waals surface area contributed by atoms with Crippen LogP contribution >= 0.6 is 12.2 Å². The molecular weight excluding hydrogens is 876 g/mol. The highest BCUT2D eigenvalue weighted by Crippen LogP contribution is 2.57. The van der Waals surface area contributed by atoms with E-state index in [0.29, 0.717) is 75.8 Å². The summed E-state index contributed by atoms with van der Waals surface area (Å²) in [7, 11) is 0. The third kappa shape index (κ3) is 6.98. The van der Waals surface area contributed by atoms with E-state index in [-0.39, 0.29) is 46.7 Å². The first kappa shape index (κ1) is 40.8. The van der Waals surface area contributed by atoms with Crippen LogP contribution in [0.15, 0.2) is 115 Å². The van der Waals surface area contributed by atoms with Crippen LogP contribution in [-0.2, 0) is 23.1 Å². The molecule has 2 bridgehead atoms. The number of esters is 1. The largest absolute Gasteiger partial charge is 0.508 e. The summed E-state index contributed by atoms with van der Waals surface area (Å²) in [6.45, 7) is 1.55. The van der Waals surface area contributed by atoms with E-state index in [1.807, 2.05) is 24.3 Å². The number of rotatable bonds is 6. The molecule has 0 radical (unpaired) electrons. The van der Waals surface area contributed by atoms with Crippen LogP contribution in [0.25, 0.3) is 17.0 Å². The van der Waals surface area contributed by atoms with Crippen molar-refractivity contribution < 1.29 is 42.4 Å². The number of amides is 2. The molecule has 5 aliphatic rings. The third-order valence-corrected chi connectivity index (χ3v) is 12.5. The van der Waals surface area contributed by atoms with Crippen molar-refractivity contribution in [2.45, 2.75) is 43.2 Å². The number of pyridine rings is 1. The van der Waals surface area contributed by atoms with E-state index in [2.05, 4.69) is 31.2 Å². The summed E-state index contributed by atoms with van der Waals surface area (Å²) in [6.07, 6.45) is 4.13. The molecule has 19 heteroatoms. The van der Waals surface area contributed by atoms with Crippen LogP contribution in [0.1, 0.15) is 51.1 Å². The van der Waals surface area contributed by atoms with Gasteiger partial charge in [0.15, 0.2) is 16.5 Å². The molecule has 1 saturated heterocycles. The molecule has 2 aromatic heterocycles. The predicted molar refractivity (Wildman–Crippen MR) is 239 cm³/mol. The number of halogens is 3. The summed E-state index contributed by atoms with van der Waals surface area (Å²) in [5.41, 5.74) is 2.83. The third-order valence-electron chi connectivity index (χ3n) is 12.3. The van der Waals surface area contributed by atoms with Crippen molar-refractivity contribution in [1.29, 1.82) is 0 Å². The van der Waals surface area contributed by atoms with Gasteiger partial charge in [0.25, 0.3) is 0 Å². The summed E-state index contributed by atoms with van der Waals surface area (Å²) in [5, 5.41) is 38.6. The number of benzene rings is 4. The van der Waals surface area contributed by atoms with Crippen molar-refractivity contribution in [3.05, 3.63) is 149 Å². The smallest absolute Gasteiger partial charge is 0.416 e. The second-order valence-corrected chi connectivity index (χ2v) is 16.8. The fourth-order valence-electron chi connectivity index (χ4n) is 9.27. The average molecular weight is 912 g/mol. The van der Waals surface area contributed by atoms with Gasteiger partial charge in [-0.15, -0.1) is 5.10 Å². The lowest BCUT2D eigenvalue weighted by Gasteiger charge is -2.36. The van der Waals surface area contributed by atoms with Crippen LogP contribution in [0.3, 0.4) is 0 Å². The zero-order valence-electron chi connectivity index (χ0n) is 34.4. The van der Waals surface area contributed by atoms with Gasteiger partial charge in [0, 0.05) is 53.2 Å². The first-order valence-electron chi connectivity index (χ1n) is 20.9. The van der Waals surface area contributed by atoms with E-state index >= 15 is 0 Å². The molecule has 2 amide bonds. The fraction of sp³-hybridized carbons (Fsp3) is 0.191. The average Bonchev–Trinajstić information content (AvgIpc) is 4.02. The van der Waals surface area contributed by atoms with Gasteiger partial charge < -0.3 is 40.5 Å². The zero-order valence-corrected chi connectivity index (χ0v) is 35.2. The SMILES string of the molecule is O=C1OC2(c3ccc(O)cc3Oc3cc(O)ccc32)c2ccc(NC(=S)NCc3cn(C4=CC(NC(=O)N5c6nc(-c7cccc(C(F)(F)F)c7)ccc6N6CC[C@H]5C6)CC=C4)nn3)cc21. The van der Waals surface area contributed by atoms with Crippen molar-refractivity contribution >= 4 is 52.2 Å². The molecule has 15 nitrogen and oxygen atoms in total. The lowest BCUT2D eigenvalue weighted by molar-refractivity contribution is -0.137. The molecule has 4 aliphatic heterocycles. The number of fused-ring (bicyclic) bond motifs is 10. The van der Waals surface area contributed by atoms with Crippen LogP contribution in [0.5, 0.6) is 23.0 Å². The molecular formula is C47H36F3N9O6S. The summed E-state index contributed by atoms with van der Waals surface area (Å²) in [4.78, 5) is 36.2. The van der Waals surface area contributed by atoms with Crippen molar-refractivity contribution in [1.82, 2.24) is 30.6 Å². The molecule has 1 fully saturated rings. The van der Waals surface area contributed by atoms with Crippen molar-refractivity contribution in [2.24, 2.45) is 0 Å². The number of alkyl halides is 3. The maximum Gasteiger partial charge on any atom is 0.416 e. The molecule has 5 N–H and O–H groups in total. The van der Waals surface area contributed by atoms with E-state index in [0.717, 1.165) is 24.4 Å². The Morgan fingerprint density at radius 3 is 2.50 bits per heavy atom. The molecule has 4 aromatic carbocycles. The minimum absolute atomic E-state index is 0.0399. The van der Waals surface area contributed by atoms with Gasteiger partial charge in [-0.1, -0.05) is 29.5 Å². The number of thiocarbonyl (C=S) groups is 1. The molecule has 66 heavy (non-hydrogen) atoms. The molecule has 1 aliphatic carbocycles. The summed E-state index contributed by atoms with van der Waals surface area (Å²) >= 11 is 5.60. The maximum absolute atomic E-state index is 14.1. The minimum atomic E-state index is -4.51. The molecule has 11 rings (SSSR count). The van der Waals surface area contributed by atoms with Gasteiger partial charge in [0.05, 0.1) is 53.0 Å². The van der Waals surface area contributed by atoms with Gasteiger partial charge in [-0.05, 0) is 97.9 Å². The Hall–Kier alpha value is -7.93. The standard InChI is InChI=1S/C47H36F3N9O6S/c48-47(49,50)26-4-1-3-25(17-26)38-13-14-39-42(54-38)59(31-15-16-57(39)24-31)45(63)53-27-5-2-6-30(18-27)58-23-29(55-56-58)22-51-44(66)52-28-7-10-35-34(19-28)43(62)65-46(35)36-11-8-32(60)20-40(36)64-41-21-33(61)9-12-37(41)46/h1-4,6-14,17-21,23,27,31,60-61H,5,15-16,22,24H2,(H,53,63)(H2,51,52,66)/t27?,31-/m0/s1. The molecule has 6 aromatic rings. The van der Waals surface area contributed by atoms with Crippen LogP contribution in [-0.4, -0.2) is 72.5 Å². The molecule has 2 atom stereocenters. The fourth-order valence-corrected chi connectivity index (χ4v) is 9.46. The van der Waals surface area contributed by atoms with Gasteiger partial charge in [-0.3, -0.25) is 4.90 Å². The topological polar surface area (TPSA) is 179 Å². The van der Waals surface area contributed by atoms with Gasteiger partial charge in [0.1, 0.15) is 28.7 Å². The molecule has 332 valence electrons. The number of carbonyl (C=O) groups excluding carboxylic acids is 2. The number of phenols is 2. The highest BCUT2D eigenvalue weighted by molar-refractivity contribution is 7.80. The van der Waals surface area contributed by atoms with Gasteiger partial charge in [0.2, 0.25) is 0 Å². The Labute approximate surface area is 378 Å². The van der Waals surface area contributed by atoms with E-state index < -0.39 is 29.4 Å². The number of hydrogen-bond donors (Lipinski definition) is 5. The summed E-state index contributed by atoms with van der Waals surface area (Å²) in [5.74, 6) is 0.296. The number of hydrogen-bond acceptors (Lipinski definition) is 11. The highest BCUT2D eigenvalue weighted by Gasteiger charge is 2.54. The van der Waals surface area contributed by atoms with Crippen LogP contribution in [0, 0.1) is 0 Å². The summed E-state index contributed by atoms with van der Waals surface area (Å²) < 4.78 is 54.4. The number of urea groups is 1. The number of nitrogens with one attached hydrogen (secondary N) is 3. The Kier molecular flexibility index (Phi) is 9.50. The van der Waals surface area contributed by atoms with Crippen LogP contribution in [0.2, 0.25) is 0 Å². The van der Waals surface area contributed by atoms with E-state index in [4.69, 9.17) is 26.7 Å². The minimum Gasteiger partial charge on any atom is -0.508 e. The van der Waals surface area contributed by atoms with E-state index in [1.165, 1.54) is 30.3 Å². The van der Waals surface area contributed by atoms with Gasteiger partial charge in [-0.25, -0.2) is 19.3 Å². The number of carbonyl (C=O) groups is 2. The second-order valence-electron chi connectivity index (χ2n) is 16.4. The normalized spacial score (nSPS) is 18.3. The number of anilines is 3. The Balaban J connectivity index is 0.757. The Morgan fingerprint density at radius 1 is 0.955 bits per heavy atom. The van der Waals surface area contributed by atoms with Gasteiger partial charge in [-0.2, -0.15) is 13.2 Å². The second kappa shape index (κ2) is 15.4.